The summed E-state index contributed by atoms with van der Waals surface area (Å²) in [4.78, 5) is 12.0. The maximum absolute atomic E-state index is 12.0. The average Bonchev–Trinajstić information content (AvgIpc) is 2.98. The van der Waals surface area contributed by atoms with Crippen molar-refractivity contribution in [3.05, 3.63) is 17.7 Å². The van der Waals surface area contributed by atoms with Crippen molar-refractivity contribution in [2.45, 2.75) is 50.5 Å². The number of hydrogen-bond acceptors (Lipinski definition) is 7. The van der Waals surface area contributed by atoms with Crippen LogP contribution < -0.4 is 5.32 Å². The first-order valence-electron chi connectivity index (χ1n) is 6.50. The second kappa shape index (κ2) is 5.88. The van der Waals surface area contributed by atoms with E-state index in [9.17, 15) is 4.79 Å². The number of amides is 1. The van der Waals surface area contributed by atoms with Gasteiger partial charge in [-0.1, -0.05) is 37.7 Å². The first-order chi connectivity index (χ1) is 9.75. The molecule has 0 aromatic carbocycles. The number of carbonyl (C=O) groups is 1. The van der Waals surface area contributed by atoms with Gasteiger partial charge < -0.3 is 8.94 Å². The zero-order valence-electron chi connectivity index (χ0n) is 12.6. The fourth-order valence-electron chi connectivity index (χ4n) is 1.41. The minimum Gasteiger partial charge on any atom is -0.415 e. The normalized spacial score (nSPS) is 13.2. The fraction of sp³-hybridized carbons (Fsp3) is 0.538. The molecule has 0 saturated carbocycles. The van der Waals surface area contributed by atoms with E-state index in [0.717, 1.165) is 0 Å². The summed E-state index contributed by atoms with van der Waals surface area (Å²) >= 11 is 1.20. The summed E-state index contributed by atoms with van der Waals surface area (Å²) in [5, 5.41) is 14.3. The van der Waals surface area contributed by atoms with E-state index in [1.54, 1.807) is 19.9 Å². The SMILES string of the molecule is Cc1cc(NC(=O)[C@H](C)Sc2nnc(C(C)(C)C)o2)on1. The Hall–Kier alpha value is -1.83. The zero-order chi connectivity index (χ0) is 15.6. The molecule has 7 nitrogen and oxygen atoms in total. The topological polar surface area (TPSA) is 94.1 Å². The van der Waals surface area contributed by atoms with Gasteiger partial charge in [0.2, 0.25) is 17.7 Å². The largest absolute Gasteiger partial charge is 0.415 e. The molecular formula is C13H18N4O3S. The second-order valence-corrected chi connectivity index (χ2v) is 7.00. The van der Waals surface area contributed by atoms with Crippen LogP contribution in [0.25, 0.3) is 0 Å². The Labute approximate surface area is 126 Å². The molecular weight excluding hydrogens is 292 g/mol. The van der Waals surface area contributed by atoms with E-state index in [2.05, 4.69) is 20.7 Å². The molecule has 2 aromatic heterocycles. The van der Waals surface area contributed by atoms with Gasteiger partial charge in [-0.3, -0.25) is 10.1 Å². The number of anilines is 1. The van der Waals surface area contributed by atoms with Crippen LogP contribution in [0.3, 0.4) is 0 Å². The van der Waals surface area contributed by atoms with Gasteiger partial charge in [-0.15, -0.1) is 10.2 Å². The monoisotopic (exact) mass is 310 g/mol. The van der Waals surface area contributed by atoms with Crippen LogP contribution in [0, 0.1) is 6.92 Å². The summed E-state index contributed by atoms with van der Waals surface area (Å²) in [6, 6.07) is 1.65. The molecule has 114 valence electrons. The number of rotatable bonds is 4. The van der Waals surface area contributed by atoms with E-state index in [1.165, 1.54) is 11.8 Å². The summed E-state index contributed by atoms with van der Waals surface area (Å²) in [5.74, 6) is 0.654. The molecule has 1 amide bonds. The van der Waals surface area contributed by atoms with Crippen molar-refractivity contribution in [1.29, 1.82) is 0 Å². The van der Waals surface area contributed by atoms with Crippen LogP contribution in [0.2, 0.25) is 0 Å². The van der Waals surface area contributed by atoms with Crippen molar-refractivity contribution in [3.8, 4) is 0 Å². The van der Waals surface area contributed by atoms with Crippen molar-refractivity contribution in [2.75, 3.05) is 5.32 Å². The Morgan fingerprint density at radius 2 is 2.10 bits per heavy atom. The number of hydrogen-bond donors (Lipinski definition) is 1. The number of aryl methyl sites for hydroxylation is 1. The molecule has 1 N–H and O–H groups in total. The van der Waals surface area contributed by atoms with E-state index in [-0.39, 0.29) is 11.3 Å². The minimum atomic E-state index is -0.399. The van der Waals surface area contributed by atoms with Crippen molar-refractivity contribution in [2.24, 2.45) is 0 Å². The lowest BCUT2D eigenvalue weighted by Gasteiger charge is -2.11. The van der Waals surface area contributed by atoms with E-state index >= 15 is 0 Å². The molecule has 1 atom stereocenters. The van der Waals surface area contributed by atoms with Gasteiger partial charge in [0.1, 0.15) is 0 Å². The second-order valence-electron chi connectivity index (χ2n) is 5.70. The fourth-order valence-corrected chi connectivity index (χ4v) is 2.09. The third-order valence-corrected chi connectivity index (χ3v) is 3.50. The van der Waals surface area contributed by atoms with Crippen LogP contribution in [0.5, 0.6) is 0 Å². The van der Waals surface area contributed by atoms with Gasteiger partial charge in [0.15, 0.2) is 0 Å². The lowest BCUT2D eigenvalue weighted by atomic mass is 9.97. The Balaban J connectivity index is 1.96. The molecule has 0 saturated heterocycles. The van der Waals surface area contributed by atoms with Crippen LogP contribution in [0.4, 0.5) is 5.88 Å². The maximum atomic E-state index is 12.0. The first kappa shape index (κ1) is 15.6. The first-order valence-corrected chi connectivity index (χ1v) is 7.38. The maximum Gasteiger partial charge on any atom is 0.277 e. The molecule has 2 aromatic rings. The summed E-state index contributed by atoms with van der Waals surface area (Å²) in [6.07, 6.45) is 0. The van der Waals surface area contributed by atoms with E-state index in [0.29, 0.717) is 22.7 Å². The Kier molecular flexibility index (Phi) is 4.36. The van der Waals surface area contributed by atoms with Crippen LogP contribution in [-0.4, -0.2) is 26.5 Å². The third kappa shape index (κ3) is 4.07. The Morgan fingerprint density at radius 3 is 2.62 bits per heavy atom. The molecule has 21 heavy (non-hydrogen) atoms. The highest BCUT2D eigenvalue weighted by molar-refractivity contribution is 8.00. The van der Waals surface area contributed by atoms with Crippen molar-refractivity contribution in [1.82, 2.24) is 15.4 Å². The van der Waals surface area contributed by atoms with Gasteiger partial charge in [0.25, 0.3) is 5.22 Å². The Bertz CT molecular complexity index is 629. The standard InChI is InChI=1S/C13H18N4O3S/c1-7-6-9(20-17-7)14-10(18)8(2)21-12-16-15-11(19-12)13(3,4)5/h6,8H,1-5H3,(H,14,18)/t8-/m0/s1. The number of carbonyl (C=O) groups excluding carboxylic acids is 1. The molecule has 0 aliphatic heterocycles. The predicted octanol–water partition coefficient (Wildman–Crippen LogP) is 2.78. The summed E-state index contributed by atoms with van der Waals surface area (Å²) in [6.45, 7) is 9.49. The highest BCUT2D eigenvalue weighted by Gasteiger charge is 2.24. The molecule has 0 bridgehead atoms. The van der Waals surface area contributed by atoms with Crippen molar-refractivity contribution in [3.63, 3.8) is 0 Å². The molecule has 0 radical (unpaired) electrons. The van der Waals surface area contributed by atoms with Gasteiger partial charge >= 0.3 is 0 Å². The minimum absolute atomic E-state index is 0.214. The Morgan fingerprint density at radius 1 is 1.38 bits per heavy atom. The number of nitrogens with zero attached hydrogens (tertiary/aromatic N) is 3. The lowest BCUT2D eigenvalue weighted by molar-refractivity contribution is -0.115. The van der Waals surface area contributed by atoms with Gasteiger partial charge in [-0.2, -0.15) is 0 Å². The summed E-state index contributed by atoms with van der Waals surface area (Å²) < 4.78 is 10.5. The predicted molar refractivity (Wildman–Crippen MR) is 78.2 cm³/mol. The summed E-state index contributed by atoms with van der Waals surface area (Å²) in [7, 11) is 0. The number of nitrogens with one attached hydrogen (secondary N) is 1. The van der Waals surface area contributed by atoms with Crippen LogP contribution in [0.1, 0.15) is 39.3 Å². The quantitative estimate of drug-likeness (QED) is 0.868. The van der Waals surface area contributed by atoms with Gasteiger partial charge in [-0.05, 0) is 13.8 Å². The van der Waals surface area contributed by atoms with Crippen LogP contribution in [-0.2, 0) is 10.2 Å². The van der Waals surface area contributed by atoms with Crippen LogP contribution >= 0.6 is 11.8 Å². The van der Waals surface area contributed by atoms with Crippen molar-refractivity contribution < 1.29 is 13.7 Å². The lowest BCUT2D eigenvalue weighted by Crippen LogP contribution is -2.22. The highest BCUT2D eigenvalue weighted by atomic mass is 32.2. The van der Waals surface area contributed by atoms with Crippen LogP contribution in [0.15, 0.2) is 20.2 Å². The molecule has 0 aliphatic carbocycles. The molecule has 0 unspecified atom stereocenters. The molecule has 0 aliphatic rings. The van der Waals surface area contributed by atoms with Crippen molar-refractivity contribution >= 4 is 23.6 Å². The summed E-state index contributed by atoms with van der Waals surface area (Å²) in [5.41, 5.74) is 0.492. The van der Waals surface area contributed by atoms with E-state index in [1.807, 2.05) is 20.8 Å². The number of aromatic nitrogens is 3. The number of thioether (sulfide) groups is 1. The molecule has 8 heteroatoms. The van der Waals surface area contributed by atoms with E-state index < -0.39 is 5.25 Å². The molecule has 2 heterocycles. The average molecular weight is 310 g/mol. The third-order valence-electron chi connectivity index (χ3n) is 2.57. The molecule has 0 fully saturated rings. The molecule has 0 spiro atoms. The molecule has 2 rings (SSSR count). The van der Waals surface area contributed by atoms with E-state index in [4.69, 9.17) is 8.94 Å². The smallest absolute Gasteiger partial charge is 0.277 e. The zero-order valence-corrected chi connectivity index (χ0v) is 13.4. The van der Waals surface area contributed by atoms with Gasteiger partial charge in [-0.25, -0.2) is 0 Å². The highest BCUT2D eigenvalue weighted by Crippen LogP contribution is 2.27. The van der Waals surface area contributed by atoms with Gasteiger partial charge in [0, 0.05) is 11.5 Å². The van der Waals surface area contributed by atoms with Gasteiger partial charge in [0.05, 0.1) is 10.9 Å².